The molecule has 0 spiro atoms. The minimum atomic E-state index is -1.61. The van der Waals surface area contributed by atoms with Crippen molar-refractivity contribution in [2.24, 2.45) is 0 Å². The van der Waals surface area contributed by atoms with Gasteiger partial charge in [-0.2, -0.15) is 4.98 Å². The molecule has 48 heavy (non-hydrogen) atoms. The molecule has 1 aromatic heterocycles. The Kier molecular flexibility index (Phi) is 18.8. The number of ether oxygens (including phenoxy) is 2. The van der Waals surface area contributed by atoms with Crippen LogP contribution in [0.15, 0.2) is 17.2 Å². The van der Waals surface area contributed by atoms with Crippen molar-refractivity contribution in [3.8, 4) is 5.75 Å². The van der Waals surface area contributed by atoms with Gasteiger partial charge >= 0.3 is 20.4 Å². The molecule has 0 saturated carbocycles. The number of amides is 1. The summed E-state index contributed by atoms with van der Waals surface area (Å²) < 4.78 is 30.9. The molecule has 3 heterocycles. The number of carbonyl (C=O) groups excluding carboxylic acids is 1. The Morgan fingerprint density at radius 1 is 1.02 bits per heavy atom. The molecular weight excluding hydrogens is 631 g/mol. The summed E-state index contributed by atoms with van der Waals surface area (Å²) in [5, 5.41) is 2.39. The van der Waals surface area contributed by atoms with E-state index in [1.807, 2.05) is 41.5 Å². The first kappa shape index (κ1) is 43.4. The zero-order chi connectivity index (χ0) is 36.7. The zero-order valence-electron chi connectivity index (χ0n) is 32.1. The van der Waals surface area contributed by atoms with Gasteiger partial charge < -0.3 is 14.0 Å². The highest BCUT2D eigenvalue weighted by Gasteiger charge is 2.35. The number of nitrogens with one attached hydrogen (secondary N) is 1. The van der Waals surface area contributed by atoms with Crippen LogP contribution < -0.4 is 15.5 Å². The Bertz CT molecular complexity index is 1320. The van der Waals surface area contributed by atoms with Crippen molar-refractivity contribution in [2.45, 2.75) is 159 Å². The standard InChI is InChI=1S/C30H45N4O7P.3C2H6/c1-9-10-11-14-37-28(36)33-26-31-18-34(27(35)32-26)24-13-12-20(40-24)16-38-42-39-17-21-19(2)22(29(3,4)5)15-23(25(21)41-42)30(6,7)8;3*1-2/h15,18,20,24H,9-14,16-17H2,1-8H3,(H,32,33,35,36);3*1-2H3. The Morgan fingerprint density at radius 3 is 2.25 bits per heavy atom. The van der Waals surface area contributed by atoms with E-state index in [9.17, 15) is 9.59 Å². The molecule has 2 aliphatic heterocycles. The molecule has 2 aromatic rings. The predicted molar refractivity (Wildman–Crippen MR) is 195 cm³/mol. The average molecular weight is 695 g/mol. The van der Waals surface area contributed by atoms with Crippen LogP contribution in [0.5, 0.6) is 5.75 Å². The van der Waals surface area contributed by atoms with Crippen molar-refractivity contribution in [1.29, 1.82) is 0 Å². The molecule has 0 aliphatic carbocycles. The second-order valence-corrected chi connectivity index (χ2v) is 14.1. The highest BCUT2D eigenvalue weighted by atomic mass is 31.2. The molecule has 2 aliphatic rings. The number of nitrogens with zero attached hydrogens (tertiary/aromatic N) is 3. The van der Waals surface area contributed by atoms with E-state index >= 15 is 0 Å². The minimum Gasteiger partial charge on any atom is -0.449 e. The Hall–Kier alpha value is -2.59. The van der Waals surface area contributed by atoms with E-state index < -0.39 is 26.6 Å². The molecule has 274 valence electrons. The van der Waals surface area contributed by atoms with Gasteiger partial charge in [0.15, 0.2) is 0 Å². The van der Waals surface area contributed by atoms with E-state index in [0.717, 1.165) is 36.1 Å². The van der Waals surface area contributed by atoms with Crippen LogP contribution in [0.25, 0.3) is 0 Å². The topological polar surface area (TPSA) is 123 Å². The van der Waals surface area contributed by atoms with Crippen LogP contribution in [0.1, 0.15) is 151 Å². The zero-order valence-corrected chi connectivity index (χ0v) is 33.0. The normalized spacial score (nSPS) is 18.4. The fourth-order valence-electron chi connectivity index (χ4n) is 5.11. The molecule has 0 bridgehead atoms. The van der Waals surface area contributed by atoms with Crippen LogP contribution in [0.2, 0.25) is 0 Å². The summed E-state index contributed by atoms with van der Waals surface area (Å²) in [6.07, 6.45) is 3.91. The molecule has 11 nitrogen and oxygen atoms in total. The van der Waals surface area contributed by atoms with E-state index in [1.165, 1.54) is 22.0 Å². The Morgan fingerprint density at radius 2 is 1.67 bits per heavy atom. The number of aromatic nitrogens is 3. The van der Waals surface area contributed by atoms with E-state index in [2.05, 4.69) is 76.7 Å². The van der Waals surface area contributed by atoms with Crippen LogP contribution in [0.4, 0.5) is 10.7 Å². The molecule has 3 atom stereocenters. The van der Waals surface area contributed by atoms with Crippen molar-refractivity contribution in [1.82, 2.24) is 14.5 Å². The lowest BCUT2D eigenvalue weighted by Gasteiger charge is -2.34. The summed E-state index contributed by atoms with van der Waals surface area (Å²) in [6, 6.07) is 2.27. The molecule has 1 aromatic carbocycles. The maximum absolute atomic E-state index is 12.6. The molecule has 3 unspecified atom stereocenters. The van der Waals surface area contributed by atoms with Gasteiger partial charge in [-0.25, -0.2) is 14.6 Å². The van der Waals surface area contributed by atoms with Gasteiger partial charge in [0.2, 0.25) is 5.95 Å². The molecule has 1 saturated heterocycles. The minimum absolute atomic E-state index is 0.00227. The molecule has 12 heteroatoms. The third kappa shape index (κ3) is 12.4. The number of hydrogen-bond donors (Lipinski definition) is 1. The van der Waals surface area contributed by atoms with Gasteiger partial charge in [-0.15, -0.1) is 0 Å². The lowest BCUT2D eigenvalue weighted by atomic mass is 9.76. The Labute approximate surface area is 290 Å². The van der Waals surface area contributed by atoms with E-state index in [4.69, 9.17) is 23.0 Å². The van der Waals surface area contributed by atoms with Gasteiger partial charge in [0.25, 0.3) is 0 Å². The quantitative estimate of drug-likeness (QED) is 0.202. The van der Waals surface area contributed by atoms with Crippen LogP contribution in [0.3, 0.4) is 0 Å². The third-order valence-electron chi connectivity index (χ3n) is 7.44. The van der Waals surface area contributed by atoms with Gasteiger partial charge in [0, 0.05) is 11.1 Å². The molecule has 0 radical (unpaired) electrons. The van der Waals surface area contributed by atoms with Gasteiger partial charge in [0.1, 0.15) is 18.3 Å². The lowest BCUT2D eigenvalue weighted by molar-refractivity contribution is -0.0233. The van der Waals surface area contributed by atoms with E-state index in [0.29, 0.717) is 26.1 Å². The monoisotopic (exact) mass is 694 g/mol. The highest BCUT2D eigenvalue weighted by Crippen LogP contribution is 2.53. The van der Waals surface area contributed by atoms with Gasteiger partial charge in [-0.1, -0.05) is 109 Å². The number of unbranched alkanes of at least 4 members (excludes halogenated alkanes) is 2. The highest BCUT2D eigenvalue weighted by molar-refractivity contribution is 7.42. The van der Waals surface area contributed by atoms with E-state index in [-0.39, 0.29) is 29.5 Å². The lowest BCUT2D eigenvalue weighted by Crippen LogP contribution is -2.30. The number of anilines is 1. The number of carbonyl (C=O) groups is 1. The van der Waals surface area contributed by atoms with Crippen LogP contribution >= 0.6 is 8.60 Å². The summed E-state index contributed by atoms with van der Waals surface area (Å²) in [5.41, 5.74) is 4.02. The van der Waals surface area contributed by atoms with E-state index in [1.54, 1.807) is 0 Å². The van der Waals surface area contributed by atoms with Crippen molar-refractivity contribution in [3.05, 3.63) is 45.1 Å². The largest absolute Gasteiger partial charge is 0.449 e. The number of fused-ring (bicyclic) bond motifs is 1. The summed E-state index contributed by atoms with van der Waals surface area (Å²) in [5.74, 6) is 0.751. The smallest absolute Gasteiger partial charge is 0.414 e. The fraction of sp³-hybridized carbons (Fsp3) is 0.722. The SMILES string of the molecule is CC.CC.CC.CCCCCOC(=O)Nc1ncn(C2CCC(COP3OCc4c(C)c(C(C)(C)C)cc(C(C)(C)C)c4O3)O2)c(=O)n1. The number of rotatable bonds is 9. The first-order chi connectivity index (χ1) is 22.8. The summed E-state index contributed by atoms with van der Waals surface area (Å²) >= 11 is 0. The van der Waals surface area contributed by atoms with Crippen LogP contribution in [-0.2, 0) is 36.0 Å². The van der Waals surface area contributed by atoms with Crippen molar-refractivity contribution in [3.63, 3.8) is 0 Å². The second-order valence-electron chi connectivity index (χ2n) is 12.9. The maximum atomic E-state index is 12.6. The van der Waals surface area contributed by atoms with Crippen molar-refractivity contribution >= 4 is 20.6 Å². The maximum Gasteiger partial charge on any atom is 0.414 e. The molecule has 4 rings (SSSR count). The molecule has 1 amide bonds. The summed E-state index contributed by atoms with van der Waals surface area (Å²) in [6.45, 7) is 30.4. The van der Waals surface area contributed by atoms with Gasteiger partial charge in [0.05, 0.1) is 25.9 Å². The average Bonchev–Trinajstić information content (AvgIpc) is 3.52. The summed E-state index contributed by atoms with van der Waals surface area (Å²) in [7, 11) is -1.61. The van der Waals surface area contributed by atoms with Gasteiger partial charge in [-0.3, -0.25) is 18.9 Å². The number of hydrogen-bond acceptors (Lipinski definition) is 9. The van der Waals surface area contributed by atoms with Crippen molar-refractivity contribution < 1.29 is 27.8 Å². The first-order valence-electron chi connectivity index (χ1n) is 17.7. The molecule has 1 N–H and O–H groups in total. The van der Waals surface area contributed by atoms with Gasteiger partial charge in [-0.05, 0) is 48.1 Å². The first-order valence-corrected chi connectivity index (χ1v) is 18.8. The van der Waals surface area contributed by atoms with Crippen LogP contribution in [0, 0.1) is 6.92 Å². The second kappa shape index (κ2) is 20.8. The number of benzene rings is 1. The van der Waals surface area contributed by atoms with Crippen molar-refractivity contribution in [2.75, 3.05) is 18.5 Å². The molecule has 1 fully saturated rings. The molecular formula is C36H63N4O7P. The third-order valence-corrected chi connectivity index (χ3v) is 8.47. The Balaban J connectivity index is 0.00000182. The summed E-state index contributed by atoms with van der Waals surface area (Å²) in [4.78, 5) is 32.5. The van der Waals surface area contributed by atoms with Crippen LogP contribution in [-0.4, -0.2) is 39.9 Å². The fourth-order valence-corrected chi connectivity index (χ4v) is 6.17. The predicted octanol–water partition coefficient (Wildman–Crippen LogP) is 9.89.